The van der Waals surface area contributed by atoms with E-state index >= 15 is 0 Å². The molecular weight excluding hydrogens is 410 g/mol. The first-order valence-electron chi connectivity index (χ1n) is 9.86. The Kier molecular flexibility index (Phi) is 4.78. The van der Waals surface area contributed by atoms with E-state index in [0.717, 1.165) is 43.1 Å². The first kappa shape index (κ1) is 19.4. The third kappa shape index (κ3) is 3.48. The summed E-state index contributed by atoms with van der Waals surface area (Å²) < 4.78 is 9.23. The van der Waals surface area contributed by atoms with Crippen molar-refractivity contribution < 1.29 is 9.21 Å². The van der Waals surface area contributed by atoms with Gasteiger partial charge in [0.15, 0.2) is 5.65 Å². The number of benzene rings is 1. The molecule has 0 bridgehead atoms. The van der Waals surface area contributed by atoms with Crippen LogP contribution in [-0.4, -0.2) is 25.2 Å². The van der Waals surface area contributed by atoms with Crippen LogP contribution in [0, 0.1) is 6.92 Å². The van der Waals surface area contributed by atoms with Crippen LogP contribution in [-0.2, 0) is 20.6 Å². The summed E-state index contributed by atoms with van der Waals surface area (Å²) in [6, 6.07) is 11.8. The molecule has 1 amide bonds. The van der Waals surface area contributed by atoms with Crippen LogP contribution >= 0.6 is 11.8 Å². The summed E-state index contributed by atoms with van der Waals surface area (Å²) in [4.78, 5) is 19.4. The van der Waals surface area contributed by atoms with Crippen molar-refractivity contribution in [2.24, 2.45) is 14.1 Å². The fourth-order valence-corrected chi connectivity index (χ4v) is 4.66. The van der Waals surface area contributed by atoms with Crippen LogP contribution in [0.1, 0.15) is 21.7 Å². The summed E-state index contributed by atoms with van der Waals surface area (Å²) >= 11 is 1.59. The first-order valence-corrected chi connectivity index (χ1v) is 10.7. The monoisotopic (exact) mass is 431 g/mol. The van der Waals surface area contributed by atoms with E-state index in [1.165, 1.54) is 0 Å². The number of nitrogens with one attached hydrogen (secondary N) is 1. The molecule has 0 fully saturated rings. The maximum atomic E-state index is 12.9. The van der Waals surface area contributed by atoms with E-state index in [4.69, 9.17) is 4.42 Å². The van der Waals surface area contributed by atoms with Gasteiger partial charge in [0.25, 0.3) is 5.91 Å². The molecule has 0 saturated heterocycles. The van der Waals surface area contributed by atoms with Gasteiger partial charge in [-0.3, -0.25) is 9.48 Å². The quantitative estimate of drug-likeness (QED) is 0.445. The predicted molar refractivity (Wildman–Crippen MR) is 120 cm³/mol. The third-order valence-corrected chi connectivity index (χ3v) is 6.59. The zero-order valence-electron chi connectivity index (χ0n) is 17.4. The Morgan fingerprint density at radius 1 is 1.16 bits per heavy atom. The number of hydrogen-bond acceptors (Lipinski definition) is 5. The van der Waals surface area contributed by atoms with E-state index in [0.29, 0.717) is 12.2 Å². The number of aryl methyl sites for hydroxylation is 1. The molecule has 1 N–H and O–H groups in total. The highest BCUT2D eigenvalue weighted by Crippen LogP contribution is 2.33. The normalized spacial score (nSPS) is 11.5. The van der Waals surface area contributed by atoms with Crippen LogP contribution in [0.25, 0.3) is 22.0 Å². The molecule has 5 aromatic rings. The second kappa shape index (κ2) is 7.63. The van der Waals surface area contributed by atoms with Gasteiger partial charge in [0, 0.05) is 58.7 Å². The summed E-state index contributed by atoms with van der Waals surface area (Å²) in [5, 5.41) is 9.28. The van der Waals surface area contributed by atoms with Gasteiger partial charge in [0.2, 0.25) is 0 Å². The van der Waals surface area contributed by atoms with E-state index < -0.39 is 0 Å². The summed E-state index contributed by atoms with van der Waals surface area (Å²) in [5.74, 6) is -0.123. The van der Waals surface area contributed by atoms with Gasteiger partial charge >= 0.3 is 0 Å². The minimum Gasteiger partial charge on any atom is -0.464 e. The molecule has 4 aromatic heterocycles. The summed E-state index contributed by atoms with van der Waals surface area (Å²) in [6.07, 6.45) is 5.31. The molecular formula is C23H21N5O2S. The average Bonchev–Trinajstić information content (AvgIpc) is 3.47. The van der Waals surface area contributed by atoms with Crippen LogP contribution in [0.5, 0.6) is 0 Å². The molecule has 0 saturated carbocycles. The third-order valence-electron chi connectivity index (χ3n) is 5.50. The van der Waals surface area contributed by atoms with Gasteiger partial charge in [-0.2, -0.15) is 5.10 Å². The predicted octanol–water partition coefficient (Wildman–Crippen LogP) is 4.44. The first-order chi connectivity index (χ1) is 15.0. The molecule has 0 radical (unpaired) electrons. The number of furan rings is 1. The van der Waals surface area contributed by atoms with E-state index in [1.807, 2.05) is 68.3 Å². The van der Waals surface area contributed by atoms with Gasteiger partial charge in [0.1, 0.15) is 11.3 Å². The van der Waals surface area contributed by atoms with E-state index in [9.17, 15) is 4.79 Å². The number of amides is 1. The zero-order chi connectivity index (χ0) is 21.5. The molecule has 5 rings (SSSR count). The number of rotatable bonds is 5. The van der Waals surface area contributed by atoms with Crippen LogP contribution < -0.4 is 5.32 Å². The highest BCUT2D eigenvalue weighted by molar-refractivity contribution is 7.99. The minimum absolute atomic E-state index is 0.123. The molecule has 0 aliphatic carbocycles. The largest absolute Gasteiger partial charge is 0.464 e. The van der Waals surface area contributed by atoms with Crippen molar-refractivity contribution in [3.63, 3.8) is 0 Å². The molecule has 31 heavy (non-hydrogen) atoms. The Hall–Kier alpha value is -3.52. The number of hydrogen-bond donors (Lipinski definition) is 1. The lowest BCUT2D eigenvalue weighted by atomic mass is 10.1. The molecule has 8 heteroatoms. The molecule has 4 heterocycles. The molecule has 0 aliphatic heterocycles. The number of nitrogens with zero attached hydrogens (tertiary/aromatic N) is 4. The van der Waals surface area contributed by atoms with Gasteiger partial charge in [-0.1, -0.05) is 30.0 Å². The number of fused-ring (bicyclic) bond motifs is 2. The maximum Gasteiger partial charge on any atom is 0.268 e. The molecule has 156 valence electrons. The van der Waals surface area contributed by atoms with Crippen LogP contribution in [0.2, 0.25) is 0 Å². The second-order valence-electron chi connectivity index (χ2n) is 7.43. The highest BCUT2D eigenvalue weighted by atomic mass is 32.2. The van der Waals surface area contributed by atoms with Gasteiger partial charge in [-0.15, -0.1) is 0 Å². The fourth-order valence-electron chi connectivity index (χ4n) is 3.66. The molecule has 0 atom stereocenters. The Bertz CT molecular complexity index is 1430. The van der Waals surface area contributed by atoms with E-state index in [2.05, 4.69) is 21.5 Å². The fraction of sp³-hybridized carbons (Fsp3) is 0.174. The summed E-state index contributed by atoms with van der Waals surface area (Å²) in [5.41, 5.74) is 4.24. The molecule has 0 spiro atoms. The van der Waals surface area contributed by atoms with Crippen molar-refractivity contribution in [1.29, 1.82) is 0 Å². The molecule has 0 unspecified atom stereocenters. The standard InChI is InChI=1S/C23H21N5O2S/c1-14-20(31-18-9-17-12-26-28(3)22(17)24-13-18)10-19(27(14)2)23(29)25-11-16-6-4-5-15-7-8-30-21(15)16/h4-10,12-13H,11H2,1-3H3,(H,25,29). The lowest BCUT2D eigenvalue weighted by Gasteiger charge is -2.07. The van der Waals surface area contributed by atoms with Crippen molar-refractivity contribution in [2.75, 3.05) is 0 Å². The van der Waals surface area contributed by atoms with Gasteiger partial charge in [-0.05, 0) is 25.1 Å². The van der Waals surface area contributed by atoms with Crippen molar-refractivity contribution >= 4 is 39.7 Å². The Morgan fingerprint density at radius 3 is 2.90 bits per heavy atom. The average molecular weight is 432 g/mol. The minimum atomic E-state index is -0.123. The number of carbonyl (C=O) groups is 1. The Balaban J connectivity index is 1.35. The smallest absolute Gasteiger partial charge is 0.268 e. The second-order valence-corrected chi connectivity index (χ2v) is 8.55. The Labute approximate surface area is 183 Å². The van der Waals surface area contributed by atoms with Crippen LogP contribution in [0.4, 0.5) is 0 Å². The topological polar surface area (TPSA) is 77.9 Å². The van der Waals surface area contributed by atoms with Crippen molar-refractivity contribution in [2.45, 2.75) is 23.3 Å². The van der Waals surface area contributed by atoms with Crippen molar-refractivity contribution in [3.05, 3.63) is 72.0 Å². The van der Waals surface area contributed by atoms with Crippen molar-refractivity contribution in [1.82, 2.24) is 24.6 Å². The van der Waals surface area contributed by atoms with E-state index in [1.54, 1.807) is 22.7 Å². The summed E-state index contributed by atoms with van der Waals surface area (Å²) in [6.45, 7) is 2.41. The number of pyridine rings is 1. The Morgan fingerprint density at radius 2 is 2.03 bits per heavy atom. The highest BCUT2D eigenvalue weighted by Gasteiger charge is 2.17. The van der Waals surface area contributed by atoms with Gasteiger partial charge in [-0.25, -0.2) is 4.98 Å². The maximum absolute atomic E-state index is 12.9. The number of carbonyl (C=O) groups excluding carboxylic acids is 1. The number of aromatic nitrogens is 4. The number of para-hydroxylation sites is 1. The van der Waals surface area contributed by atoms with Gasteiger partial charge < -0.3 is 14.3 Å². The summed E-state index contributed by atoms with van der Waals surface area (Å²) in [7, 11) is 3.78. The lowest BCUT2D eigenvalue weighted by molar-refractivity contribution is 0.0942. The molecule has 0 aliphatic rings. The van der Waals surface area contributed by atoms with E-state index in [-0.39, 0.29) is 5.91 Å². The van der Waals surface area contributed by atoms with Gasteiger partial charge in [0.05, 0.1) is 12.5 Å². The molecule has 7 nitrogen and oxygen atoms in total. The van der Waals surface area contributed by atoms with Crippen molar-refractivity contribution in [3.8, 4) is 0 Å². The zero-order valence-corrected chi connectivity index (χ0v) is 18.2. The molecule has 1 aromatic carbocycles. The lowest BCUT2D eigenvalue weighted by Crippen LogP contribution is -2.25. The van der Waals surface area contributed by atoms with Crippen LogP contribution in [0.3, 0.4) is 0 Å². The SMILES string of the molecule is Cc1c(Sc2cnc3c(cnn3C)c2)cc(C(=O)NCc2cccc3ccoc23)n1C. The van der Waals surface area contributed by atoms with Crippen LogP contribution in [0.15, 0.2) is 69.3 Å².